The summed E-state index contributed by atoms with van der Waals surface area (Å²) in [6.45, 7) is 3.52. The van der Waals surface area contributed by atoms with Crippen LogP contribution in [-0.2, 0) is 9.59 Å². The number of carbonyl (C=O) groups is 2. The summed E-state index contributed by atoms with van der Waals surface area (Å²) in [4.78, 5) is 22.8. The van der Waals surface area contributed by atoms with E-state index in [0.717, 1.165) is 0 Å². The molecule has 0 saturated heterocycles. The van der Waals surface area contributed by atoms with Crippen LogP contribution in [-0.4, -0.2) is 29.1 Å². The van der Waals surface area contributed by atoms with E-state index in [0.29, 0.717) is 18.6 Å². The lowest BCUT2D eigenvalue weighted by molar-refractivity contribution is -0.143. The standard InChI is InChI=1S/C14H19NO4/c1-3-11(14(17)18)15-13(16)12(4-2)19-10-8-6-5-7-9-10/h5-9,11-12H,3-4H2,1-2H3,(H,15,16)(H,17,18)/t11-,12?/m1/s1. The molecule has 0 aliphatic carbocycles. The fourth-order valence-electron chi connectivity index (χ4n) is 1.59. The molecule has 1 unspecified atom stereocenters. The van der Waals surface area contributed by atoms with Crippen molar-refractivity contribution in [1.82, 2.24) is 5.32 Å². The summed E-state index contributed by atoms with van der Waals surface area (Å²) >= 11 is 0. The number of hydrogen-bond acceptors (Lipinski definition) is 3. The Morgan fingerprint density at radius 3 is 2.32 bits per heavy atom. The van der Waals surface area contributed by atoms with Gasteiger partial charge in [0.2, 0.25) is 0 Å². The molecule has 1 aromatic carbocycles. The largest absolute Gasteiger partial charge is 0.481 e. The lowest BCUT2D eigenvalue weighted by atomic mass is 10.2. The van der Waals surface area contributed by atoms with Gasteiger partial charge in [-0.2, -0.15) is 0 Å². The number of carboxylic acids is 1. The van der Waals surface area contributed by atoms with E-state index in [1.165, 1.54) is 0 Å². The van der Waals surface area contributed by atoms with E-state index < -0.39 is 24.0 Å². The molecule has 2 N–H and O–H groups in total. The summed E-state index contributed by atoms with van der Waals surface area (Å²) < 4.78 is 5.55. The number of nitrogens with one attached hydrogen (secondary N) is 1. The normalized spacial score (nSPS) is 13.4. The molecule has 19 heavy (non-hydrogen) atoms. The smallest absolute Gasteiger partial charge is 0.326 e. The Bertz CT molecular complexity index is 419. The Hall–Kier alpha value is -2.04. The minimum atomic E-state index is -1.04. The molecule has 0 heterocycles. The number of ether oxygens (including phenoxy) is 1. The number of carbonyl (C=O) groups excluding carboxylic acids is 1. The highest BCUT2D eigenvalue weighted by molar-refractivity contribution is 5.86. The summed E-state index contributed by atoms with van der Waals surface area (Å²) in [5, 5.41) is 11.4. The first kappa shape index (κ1) is 15.0. The van der Waals surface area contributed by atoms with Gasteiger partial charge in [0.15, 0.2) is 6.10 Å². The predicted octanol–water partition coefficient (Wildman–Crippen LogP) is 1.82. The summed E-state index contributed by atoms with van der Waals surface area (Å²) in [6, 6.07) is 8.11. The molecule has 0 aromatic heterocycles. The number of carboxylic acid groups (broad SMARTS) is 1. The van der Waals surface area contributed by atoms with Gasteiger partial charge in [0.1, 0.15) is 11.8 Å². The second kappa shape index (κ2) is 7.41. The second-order valence-electron chi connectivity index (χ2n) is 4.14. The van der Waals surface area contributed by atoms with Gasteiger partial charge in [0.25, 0.3) is 5.91 Å². The van der Waals surface area contributed by atoms with E-state index >= 15 is 0 Å². The summed E-state index contributed by atoms with van der Waals surface area (Å²) in [7, 11) is 0. The fourth-order valence-corrected chi connectivity index (χ4v) is 1.59. The van der Waals surface area contributed by atoms with Crippen LogP contribution in [0.4, 0.5) is 0 Å². The van der Waals surface area contributed by atoms with Gasteiger partial charge in [-0.05, 0) is 25.0 Å². The third kappa shape index (κ3) is 4.62. The molecule has 0 aliphatic rings. The second-order valence-corrected chi connectivity index (χ2v) is 4.14. The molecule has 5 heteroatoms. The van der Waals surface area contributed by atoms with Gasteiger partial charge in [0, 0.05) is 0 Å². The van der Waals surface area contributed by atoms with Gasteiger partial charge in [-0.1, -0.05) is 32.0 Å². The van der Waals surface area contributed by atoms with Crippen molar-refractivity contribution in [3.8, 4) is 5.75 Å². The van der Waals surface area contributed by atoms with Crippen LogP contribution in [0.3, 0.4) is 0 Å². The van der Waals surface area contributed by atoms with Gasteiger partial charge in [-0.25, -0.2) is 4.79 Å². The number of aliphatic carboxylic acids is 1. The maximum absolute atomic E-state index is 12.0. The molecular weight excluding hydrogens is 246 g/mol. The third-order valence-electron chi connectivity index (χ3n) is 2.71. The van der Waals surface area contributed by atoms with Crippen molar-refractivity contribution in [2.75, 3.05) is 0 Å². The SMILES string of the molecule is CCC(Oc1ccccc1)C(=O)N[C@H](CC)C(=O)O. The van der Waals surface area contributed by atoms with Crippen LogP contribution in [0, 0.1) is 0 Å². The summed E-state index contributed by atoms with van der Waals surface area (Å²) in [6.07, 6.45) is 0.121. The zero-order chi connectivity index (χ0) is 14.3. The van der Waals surface area contributed by atoms with Gasteiger partial charge < -0.3 is 15.2 Å². The van der Waals surface area contributed by atoms with Gasteiger partial charge in [-0.15, -0.1) is 0 Å². The molecule has 0 bridgehead atoms. The monoisotopic (exact) mass is 265 g/mol. The molecule has 1 amide bonds. The van der Waals surface area contributed by atoms with E-state index in [2.05, 4.69) is 5.32 Å². The Kier molecular flexibility index (Phi) is 5.85. The van der Waals surface area contributed by atoms with Crippen molar-refractivity contribution in [2.45, 2.75) is 38.8 Å². The first-order valence-corrected chi connectivity index (χ1v) is 6.33. The highest BCUT2D eigenvalue weighted by atomic mass is 16.5. The number of rotatable bonds is 7. The lowest BCUT2D eigenvalue weighted by Crippen LogP contribution is -2.46. The number of para-hydroxylation sites is 1. The van der Waals surface area contributed by atoms with Gasteiger partial charge in [-0.3, -0.25) is 4.79 Å². The zero-order valence-electron chi connectivity index (χ0n) is 11.1. The number of benzene rings is 1. The number of amides is 1. The van der Waals surface area contributed by atoms with Crippen LogP contribution in [0.1, 0.15) is 26.7 Å². The minimum absolute atomic E-state index is 0.336. The highest BCUT2D eigenvalue weighted by Gasteiger charge is 2.24. The van der Waals surface area contributed by atoms with Crippen molar-refractivity contribution in [2.24, 2.45) is 0 Å². The maximum atomic E-state index is 12.0. The molecule has 1 rings (SSSR count). The van der Waals surface area contributed by atoms with Crippen LogP contribution in [0.25, 0.3) is 0 Å². The van der Waals surface area contributed by atoms with Crippen molar-refractivity contribution in [3.05, 3.63) is 30.3 Å². The van der Waals surface area contributed by atoms with Crippen LogP contribution in [0.15, 0.2) is 30.3 Å². The zero-order valence-corrected chi connectivity index (χ0v) is 11.1. The van der Waals surface area contributed by atoms with Crippen LogP contribution in [0.2, 0.25) is 0 Å². The Balaban J connectivity index is 2.64. The minimum Gasteiger partial charge on any atom is -0.481 e. The summed E-state index contributed by atoms with van der Waals surface area (Å²) in [5.41, 5.74) is 0. The molecule has 104 valence electrons. The summed E-state index contributed by atoms with van der Waals surface area (Å²) in [5.74, 6) is -0.848. The molecule has 0 radical (unpaired) electrons. The molecule has 2 atom stereocenters. The van der Waals surface area contributed by atoms with E-state index in [4.69, 9.17) is 9.84 Å². The van der Waals surface area contributed by atoms with Crippen LogP contribution in [0.5, 0.6) is 5.75 Å². The van der Waals surface area contributed by atoms with E-state index in [9.17, 15) is 9.59 Å². The molecule has 1 aromatic rings. The van der Waals surface area contributed by atoms with Crippen LogP contribution < -0.4 is 10.1 Å². The van der Waals surface area contributed by atoms with E-state index in [1.807, 2.05) is 25.1 Å². The van der Waals surface area contributed by atoms with Gasteiger partial charge >= 0.3 is 5.97 Å². The van der Waals surface area contributed by atoms with Crippen molar-refractivity contribution < 1.29 is 19.4 Å². The molecular formula is C14H19NO4. The van der Waals surface area contributed by atoms with Crippen molar-refractivity contribution in [3.63, 3.8) is 0 Å². The van der Waals surface area contributed by atoms with Crippen molar-refractivity contribution in [1.29, 1.82) is 0 Å². The van der Waals surface area contributed by atoms with Crippen LogP contribution >= 0.6 is 0 Å². The number of hydrogen-bond donors (Lipinski definition) is 2. The molecule has 0 saturated carbocycles. The maximum Gasteiger partial charge on any atom is 0.326 e. The molecule has 0 fully saturated rings. The fraction of sp³-hybridized carbons (Fsp3) is 0.429. The van der Waals surface area contributed by atoms with Crippen molar-refractivity contribution >= 4 is 11.9 Å². The van der Waals surface area contributed by atoms with E-state index in [1.54, 1.807) is 19.1 Å². The third-order valence-corrected chi connectivity index (χ3v) is 2.71. The average molecular weight is 265 g/mol. The molecule has 0 spiro atoms. The predicted molar refractivity (Wildman–Crippen MR) is 71.0 cm³/mol. The van der Waals surface area contributed by atoms with E-state index in [-0.39, 0.29) is 0 Å². The molecule has 5 nitrogen and oxygen atoms in total. The lowest BCUT2D eigenvalue weighted by Gasteiger charge is -2.19. The Morgan fingerprint density at radius 2 is 1.84 bits per heavy atom. The first-order valence-electron chi connectivity index (χ1n) is 6.33. The van der Waals surface area contributed by atoms with Gasteiger partial charge in [0.05, 0.1) is 0 Å². The Labute approximate surface area is 112 Å². The topological polar surface area (TPSA) is 75.6 Å². The average Bonchev–Trinajstić information content (AvgIpc) is 2.42. The first-order chi connectivity index (χ1) is 9.08. The molecule has 0 aliphatic heterocycles. The quantitative estimate of drug-likeness (QED) is 0.788. The highest BCUT2D eigenvalue weighted by Crippen LogP contribution is 2.12. The Morgan fingerprint density at radius 1 is 1.21 bits per heavy atom.